The summed E-state index contributed by atoms with van der Waals surface area (Å²) in [5, 5.41) is 3.95. The summed E-state index contributed by atoms with van der Waals surface area (Å²) < 4.78 is 23.4. The van der Waals surface area contributed by atoms with Crippen LogP contribution in [0.3, 0.4) is 0 Å². The lowest BCUT2D eigenvalue weighted by Crippen LogP contribution is -2.17. The van der Waals surface area contributed by atoms with Crippen molar-refractivity contribution in [3.8, 4) is 0 Å². The minimum absolute atomic E-state index is 0.0258. The number of amides is 1. The molecule has 0 bridgehead atoms. The summed E-state index contributed by atoms with van der Waals surface area (Å²) in [6.45, 7) is 1.96. The monoisotopic (exact) mass is 343 g/mol. The van der Waals surface area contributed by atoms with E-state index < -0.39 is 9.84 Å². The molecule has 1 aliphatic rings. The van der Waals surface area contributed by atoms with Gasteiger partial charge in [-0.05, 0) is 24.6 Å². The van der Waals surface area contributed by atoms with Gasteiger partial charge in [-0.1, -0.05) is 28.1 Å². The molecule has 1 aromatic rings. The molecule has 0 radical (unpaired) electrons. The first-order chi connectivity index (χ1) is 8.85. The van der Waals surface area contributed by atoms with Crippen molar-refractivity contribution >= 4 is 37.4 Å². The van der Waals surface area contributed by atoms with Crippen LogP contribution < -0.4 is 5.32 Å². The van der Waals surface area contributed by atoms with Crippen molar-refractivity contribution in [1.82, 2.24) is 0 Å². The van der Waals surface area contributed by atoms with Crippen LogP contribution in [0.4, 0.5) is 5.69 Å². The van der Waals surface area contributed by atoms with Crippen LogP contribution in [0.1, 0.15) is 12.0 Å². The number of rotatable bonds is 3. The normalized spacial score (nSPS) is 20.4. The summed E-state index contributed by atoms with van der Waals surface area (Å²) in [6, 6.07) is 5.55. The molecule has 102 valence electrons. The average molecular weight is 344 g/mol. The lowest BCUT2D eigenvalue weighted by atomic mass is 10.1. The number of carbonyl (C=O) groups is 1. The second-order valence-corrected chi connectivity index (χ2v) is 7.42. The van der Waals surface area contributed by atoms with E-state index in [4.69, 9.17) is 0 Å². The van der Waals surface area contributed by atoms with E-state index in [0.29, 0.717) is 5.69 Å². The third kappa shape index (κ3) is 3.91. The maximum Gasteiger partial charge on any atom is 0.224 e. The number of sulfone groups is 1. The molecule has 2 rings (SSSR count). The summed E-state index contributed by atoms with van der Waals surface area (Å²) in [5.74, 6) is -0.376. The minimum atomic E-state index is -3.09. The SMILES string of the molecule is Cc1ccc(NC(=O)CC2C=CS(=O)(=O)C2)cc1Br. The molecule has 0 fully saturated rings. The van der Waals surface area contributed by atoms with Crippen LogP contribution in [0.15, 0.2) is 34.2 Å². The van der Waals surface area contributed by atoms with Crippen molar-refractivity contribution in [2.45, 2.75) is 13.3 Å². The van der Waals surface area contributed by atoms with Crippen LogP contribution in [-0.4, -0.2) is 20.1 Å². The molecule has 0 saturated heterocycles. The summed E-state index contributed by atoms with van der Waals surface area (Å²) >= 11 is 3.40. The molecule has 1 amide bonds. The zero-order valence-corrected chi connectivity index (χ0v) is 12.8. The topological polar surface area (TPSA) is 63.2 Å². The van der Waals surface area contributed by atoms with E-state index in [1.165, 1.54) is 5.41 Å². The smallest absolute Gasteiger partial charge is 0.224 e. The van der Waals surface area contributed by atoms with E-state index in [-0.39, 0.29) is 24.0 Å². The van der Waals surface area contributed by atoms with E-state index >= 15 is 0 Å². The summed E-state index contributed by atoms with van der Waals surface area (Å²) in [6.07, 6.45) is 1.77. The first-order valence-corrected chi connectivity index (χ1v) is 8.33. The first kappa shape index (κ1) is 14.3. The Balaban J connectivity index is 1.95. The molecule has 1 aromatic carbocycles. The Hall–Kier alpha value is -1.14. The molecular formula is C13H14BrNO3S. The number of benzene rings is 1. The van der Waals surface area contributed by atoms with Gasteiger partial charge >= 0.3 is 0 Å². The van der Waals surface area contributed by atoms with E-state index in [1.54, 1.807) is 6.08 Å². The summed E-state index contributed by atoms with van der Waals surface area (Å²) in [5.41, 5.74) is 1.79. The number of nitrogens with one attached hydrogen (secondary N) is 1. The zero-order chi connectivity index (χ0) is 14.0. The highest BCUT2D eigenvalue weighted by Gasteiger charge is 2.23. The molecule has 0 aliphatic carbocycles. The number of halogens is 1. The fourth-order valence-corrected chi connectivity index (χ4v) is 3.67. The number of hydrogen-bond acceptors (Lipinski definition) is 3. The molecule has 4 nitrogen and oxygen atoms in total. The van der Waals surface area contributed by atoms with Crippen LogP contribution in [0.2, 0.25) is 0 Å². The number of allylic oxidation sites excluding steroid dienone is 1. The van der Waals surface area contributed by atoms with Gasteiger partial charge < -0.3 is 5.32 Å². The Labute approximate surface area is 120 Å². The van der Waals surface area contributed by atoms with Gasteiger partial charge in [0.1, 0.15) is 0 Å². The minimum Gasteiger partial charge on any atom is -0.326 e. The second-order valence-electron chi connectivity index (χ2n) is 4.63. The van der Waals surface area contributed by atoms with Crippen LogP contribution in [0.25, 0.3) is 0 Å². The molecule has 1 atom stereocenters. The summed E-state index contributed by atoms with van der Waals surface area (Å²) in [7, 11) is -3.09. The van der Waals surface area contributed by atoms with Crippen molar-refractivity contribution in [3.05, 3.63) is 39.7 Å². The third-order valence-electron chi connectivity index (χ3n) is 2.91. The van der Waals surface area contributed by atoms with Crippen LogP contribution in [0, 0.1) is 12.8 Å². The predicted octanol–water partition coefficient (Wildman–Crippen LogP) is 2.64. The van der Waals surface area contributed by atoms with Gasteiger partial charge in [-0.15, -0.1) is 0 Å². The zero-order valence-electron chi connectivity index (χ0n) is 10.4. The maximum absolute atomic E-state index is 11.8. The highest BCUT2D eigenvalue weighted by atomic mass is 79.9. The van der Waals surface area contributed by atoms with Crippen LogP contribution in [-0.2, 0) is 14.6 Å². The Morgan fingerprint density at radius 2 is 2.21 bits per heavy atom. The van der Waals surface area contributed by atoms with Gasteiger partial charge in [-0.2, -0.15) is 0 Å². The van der Waals surface area contributed by atoms with Gasteiger partial charge in [-0.25, -0.2) is 8.42 Å². The predicted molar refractivity (Wildman–Crippen MR) is 78.5 cm³/mol. The van der Waals surface area contributed by atoms with Crippen molar-refractivity contribution in [3.63, 3.8) is 0 Å². The van der Waals surface area contributed by atoms with E-state index in [9.17, 15) is 13.2 Å². The van der Waals surface area contributed by atoms with Gasteiger partial charge in [0.25, 0.3) is 0 Å². The van der Waals surface area contributed by atoms with Crippen molar-refractivity contribution in [2.24, 2.45) is 5.92 Å². The summed E-state index contributed by atoms with van der Waals surface area (Å²) in [4.78, 5) is 11.8. The Morgan fingerprint density at radius 1 is 1.47 bits per heavy atom. The number of anilines is 1. The molecule has 1 N–H and O–H groups in total. The molecule has 0 aromatic heterocycles. The Morgan fingerprint density at radius 3 is 2.79 bits per heavy atom. The average Bonchev–Trinajstić information content (AvgIpc) is 2.63. The van der Waals surface area contributed by atoms with Gasteiger partial charge in [0.15, 0.2) is 9.84 Å². The quantitative estimate of drug-likeness (QED) is 0.917. The highest BCUT2D eigenvalue weighted by Crippen LogP contribution is 2.22. The molecule has 19 heavy (non-hydrogen) atoms. The first-order valence-electron chi connectivity index (χ1n) is 5.83. The van der Waals surface area contributed by atoms with Crippen molar-refractivity contribution in [1.29, 1.82) is 0 Å². The largest absolute Gasteiger partial charge is 0.326 e. The van der Waals surface area contributed by atoms with Gasteiger partial charge in [-0.3, -0.25) is 4.79 Å². The maximum atomic E-state index is 11.8. The third-order valence-corrected chi connectivity index (χ3v) is 5.23. The van der Waals surface area contributed by atoms with Crippen LogP contribution >= 0.6 is 15.9 Å². The molecule has 1 heterocycles. The second kappa shape index (κ2) is 5.46. The fraction of sp³-hybridized carbons (Fsp3) is 0.308. The van der Waals surface area contributed by atoms with E-state index in [0.717, 1.165) is 10.0 Å². The highest BCUT2D eigenvalue weighted by molar-refractivity contribution is 9.10. The molecule has 1 aliphatic heterocycles. The molecule has 0 spiro atoms. The molecule has 6 heteroatoms. The van der Waals surface area contributed by atoms with E-state index in [1.807, 2.05) is 25.1 Å². The standard InChI is InChI=1S/C13H14BrNO3S/c1-9-2-3-11(7-12(9)14)15-13(16)6-10-4-5-19(17,18)8-10/h2-5,7,10H,6,8H2,1H3,(H,15,16). The molecule has 0 saturated carbocycles. The molecular weight excluding hydrogens is 330 g/mol. The van der Waals surface area contributed by atoms with Crippen molar-refractivity contribution < 1.29 is 13.2 Å². The van der Waals surface area contributed by atoms with E-state index in [2.05, 4.69) is 21.2 Å². The van der Waals surface area contributed by atoms with Crippen molar-refractivity contribution in [2.75, 3.05) is 11.1 Å². The van der Waals surface area contributed by atoms with Gasteiger partial charge in [0.05, 0.1) is 5.75 Å². The number of hydrogen-bond donors (Lipinski definition) is 1. The molecule has 1 unspecified atom stereocenters. The number of aryl methyl sites for hydroxylation is 1. The fourth-order valence-electron chi connectivity index (χ4n) is 1.89. The lowest BCUT2D eigenvalue weighted by Gasteiger charge is -2.09. The Kier molecular flexibility index (Phi) is 4.10. The number of carbonyl (C=O) groups excluding carboxylic acids is 1. The van der Waals surface area contributed by atoms with Gasteiger partial charge in [0.2, 0.25) is 5.91 Å². The van der Waals surface area contributed by atoms with Crippen LogP contribution in [0.5, 0.6) is 0 Å². The van der Waals surface area contributed by atoms with Gasteiger partial charge in [0, 0.05) is 27.9 Å². The Bertz CT molecular complexity index is 637. The lowest BCUT2D eigenvalue weighted by molar-refractivity contribution is -0.116.